The number of benzene rings is 1. The van der Waals surface area contributed by atoms with Crippen LogP contribution in [0.1, 0.15) is 23.7 Å². The molecule has 6 heteroatoms. The largest absolute Gasteiger partial charge is 0.376 e. The molecule has 20 heavy (non-hydrogen) atoms. The maximum Gasteiger partial charge on any atom is 0.314 e. The van der Waals surface area contributed by atoms with Crippen molar-refractivity contribution in [2.45, 2.75) is 24.3 Å². The zero-order valence-corrected chi connectivity index (χ0v) is 12.6. The molecule has 106 valence electrons. The van der Waals surface area contributed by atoms with Crippen LogP contribution in [0, 0.1) is 5.92 Å². The van der Waals surface area contributed by atoms with E-state index >= 15 is 0 Å². The lowest BCUT2D eigenvalue weighted by Gasteiger charge is -2.21. The van der Waals surface area contributed by atoms with Gasteiger partial charge in [0, 0.05) is 6.61 Å². The Morgan fingerprint density at radius 1 is 1.25 bits per heavy atom. The van der Waals surface area contributed by atoms with E-state index in [1.807, 2.05) is 12.1 Å². The van der Waals surface area contributed by atoms with Gasteiger partial charge < -0.3 is 14.7 Å². The number of alkyl halides is 1. The summed E-state index contributed by atoms with van der Waals surface area (Å²) < 4.78 is 5.76. The van der Waals surface area contributed by atoms with Crippen LogP contribution in [0.2, 0.25) is 0 Å². The Kier molecular flexibility index (Phi) is 3.52. The molecule has 2 N–H and O–H groups in total. The molecule has 0 spiro atoms. The number of hydrogen-bond acceptors (Lipinski definition) is 3. The smallest absolute Gasteiger partial charge is 0.314 e. The summed E-state index contributed by atoms with van der Waals surface area (Å²) >= 11 is 3.68. The zero-order valence-electron chi connectivity index (χ0n) is 11.0. The topological polar surface area (TPSA) is 75.0 Å². The Morgan fingerprint density at radius 3 is 2.60 bits per heavy atom. The SMILES string of the molecule is CC1CCOC1C(Br)c1ccc2[nH]c(=O)c(=O)[nH]c2c1. The summed E-state index contributed by atoms with van der Waals surface area (Å²) in [5.74, 6) is 0.490. The predicted octanol–water partition coefficient (Wildman–Crippen LogP) is 2.08. The van der Waals surface area contributed by atoms with E-state index in [2.05, 4.69) is 32.8 Å². The van der Waals surface area contributed by atoms with Gasteiger partial charge in [-0.25, -0.2) is 0 Å². The maximum atomic E-state index is 11.4. The highest BCUT2D eigenvalue weighted by molar-refractivity contribution is 9.09. The molecule has 0 aliphatic carbocycles. The summed E-state index contributed by atoms with van der Waals surface area (Å²) in [6.45, 7) is 2.96. The summed E-state index contributed by atoms with van der Waals surface area (Å²) in [5.41, 5.74) is 1.01. The minimum atomic E-state index is -0.633. The van der Waals surface area contributed by atoms with E-state index < -0.39 is 11.1 Å². The number of ether oxygens (including phenoxy) is 1. The minimum Gasteiger partial charge on any atom is -0.376 e. The summed E-state index contributed by atoms with van der Waals surface area (Å²) in [7, 11) is 0. The van der Waals surface area contributed by atoms with E-state index in [1.165, 1.54) is 0 Å². The molecule has 1 aliphatic rings. The van der Waals surface area contributed by atoms with Crippen LogP contribution in [0.5, 0.6) is 0 Å². The van der Waals surface area contributed by atoms with Gasteiger partial charge in [0.25, 0.3) is 0 Å². The molecule has 2 aromatic rings. The van der Waals surface area contributed by atoms with Crippen LogP contribution in [-0.2, 0) is 4.74 Å². The average molecular weight is 339 g/mol. The van der Waals surface area contributed by atoms with Gasteiger partial charge in [0.1, 0.15) is 0 Å². The van der Waals surface area contributed by atoms with Crippen molar-refractivity contribution in [1.82, 2.24) is 9.97 Å². The van der Waals surface area contributed by atoms with Gasteiger partial charge in [-0.3, -0.25) is 9.59 Å². The maximum absolute atomic E-state index is 11.4. The zero-order chi connectivity index (χ0) is 14.3. The first-order valence-electron chi connectivity index (χ1n) is 6.58. The second-order valence-electron chi connectivity index (χ2n) is 5.22. The number of nitrogens with one attached hydrogen (secondary N) is 2. The number of halogens is 1. The molecule has 2 heterocycles. The average Bonchev–Trinajstić information content (AvgIpc) is 2.85. The first-order valence-corrected chi connectivity index (χ1v) is 7.50. The fraction of sp³-hybridized carbons (Fsp3) is 0.429. The Balaban J connectivity index is 2.02. The Hall–Kier alpha value is -1.40. The van der Waals surface area contributed by atoms with Gasteiger partial charge in [-0.1, -0.05) is 28.9 Å². The molecule has 3 unspecified atom stereocenters. The van der Waals surface area contributed by atoms with Crippen LogP contribution in [0.25, 0.3) is 11.0 Å². The van der Waals surface area contributed by atoms with Crippen molar-refractivity contribution in [2.75, 3.05) is 6.61 Å². The van der Waals surface area contributed by atoms with Crippen molar-refractivity contribution in [1.29, 1.82) is 0 Å². The second kappa shape index (κ2) is 5.18. The fourth-order valence-corrected chi connectivity index (χ4v) is 3.54. The molecule has 1 aliphatic heterocycles. The van der Waals surface area contributed by atoms with Gasteiger partial charge in [0.15, 0.2) is 0 Å². The van der Waals surface area contributed by atoms with E-state index in [1.54, 1.807) is 6.07 Å². The van der Waals surface area contributed by atoms with E-state index in [0.29, 0.717) is 17.0 Å². The summed E-state index contributed by atoms with van der Waals surface area (Å²) in [4.78, 5) is 27.9. The Labute approximate surface area is 123 Å². The van der Waals surface area contributed by atoms with Crippen molar-refractivity contribution in [3.05, 3.63) is 44.5 Å². The fourth-order valence-electron chi connectivity index (χ4n) is 2.59. The normalized spacial score (nSPS) is 24.1. The molecule has 0 amide bonds. The van der Waals surface area contributed by atoms with Crippen LogP contribution < -0.4 is 11.1 Å². The quantitative estimate of drug-likeness (QED) is 0.650. The Bertz CT molecular complexity index is 752. The molecule has 3 rings (SSSR count). The molecule has 0 bridgehead atoms. The van der Waals surface area contributed by atoms with Crippen molar-refractivity contribution in [3.8, 4) is 0 Å². The molecule has 1 aromatic heterocycles. The van der Waals surface area contributed by atoms with Crippen LogP contribution in [0.15, 0.2) is 27.8 Å². The van der Waals surface area contributed by atoms with Crippen molar-refractivity contribution in [2.24, 2.45) is 5.92 Å². The molecule has 1 saturated heterocycles. The van der Waals surface area contributed by atoms with E-state index in [4.69, 9.17) is 4.74 Å². The molecule has 0 radical (unpaired) electrons. The van der Waals surface area contributed by atoms with Gasteiger partial charge in [-0.15, -0.1) is 0 Å². The van der Waals surface area contributed by atoms with E-state index in [9.17, 15) is 9.59 Å². The van der Waals surface area contributed by atoms with Crippen molar-refractivity contribution in [3.63, 3.8) is 0 Å². The number of rotatable bonds is 2. The van der Waals surface area contributed by atoms with E-state index in [-0.39, 0.29) is 10.9 Å². The molecular weight excluding hydrogens is 324 g/mol. The van der Waals surface area contributed by atoms with E-state index in [0.717, 1.165) is 18.6 Å². The highest BCUT2D eigenvalue weighted by Crippen LogP contribution is 2.37. The van der Waals surface area contributed by atoms with Gasteiger partial charge in [0.05, 0.1) is 22.0 Å². The van der Waals surface area contributed by atoms with Crippen LogP contribution >= 0.6 is 15.9 Å². The summed E-state index contributed by atoms with van der Waals surface area (Å²) in [5, 5.41) is 0. The summed E-state index contributed by atoms with van der Waals surface area (Å²) in [6.07, 6.45) is 1.19. The molecule has 0 saturated carbocycles. The number of aromatic amines is 2. The third kappa shape index (κ3) is 2.33. The van der Waals surface area contributed by atoms with Crippen molar-refractivity contribution < 1.29 is 4.74 Å². The monoisotopic (exact) mass is 338 g/mol. The predicted molar refractivity (Wildman–Crippen MR) is 80.4 cm³/mol. The van der Waals surface area contributed by atoms with Crippen LogP contribution in [0.4, 0.5) is 0 Å². The minimum absolute atomic E-state index is 0.0693. The highest BCUT2D eigenvalue weighted by Gasteiger charge is 2.31. The summed E-state index contributed by atoms with van der Waals surface area (Å²) in [6, 6.07) is 5.61. The number of fused-ring (bicyclic) bond motifs is 1. The van der Waals surface area contributed by atoms with Crippen LogP contribution in [-0.4, -0.2) is 22.7 Å². The first-order chi connectivity index (χ1) is 9.56. The van der Waals surface area contributed by atoms with Crippen molar-refractivity contribution >= 4 is 27.0 Å². The third-order valence-corrected chi connectivity index (χ3v) is 4.85. The van der Waals surface area contributed by atoms with Crippen LogP contribution in [0.3, 0.4) is 0 Å². The highest BCUT2D eigenvalue weighted by atomic mass is 79.9. The Morgan fingerprint density at radius 2 is 1.95 bits per heavy atom. The van der Waals surface area contributed by atoms with Gasteiger partial charge in [-0.05, 0) is 30.0 Å². The lowest BCUT2D eigenvalue weighted by Crippen LogP contribution is -2.29. The number of hydrogen-bond donors (Lipinski definition) is 2. The number of H-pyrrole nitrogens is 2. The standard InChI is InChI=1S/C14H15BrN2O3/c1-7-4-5-20-12(7)11(15)8-2-3-9-10(6-8)17-14(19)13(18)16-9/h2-3,6-7,11-12H,4-5H2,1H3,(H,16,18)(H,17,19). The molecule has 3 atom stereocenters. The van der Waals surface area contributed by atoms with Gasteiger partial charge in [0.2, 0.25) is 0 Å². The lowest BCUT2D eigenvalue weighted by molar-refractivity contribution is 0.0935. The lowest BCUT2D eigenvalue weighted by atomic mass is 9.97. The van der Waals surface area contributed by atoms with Gasteiger partial charge in [-0.2, -0.15) is 0 Å². The first kappa shape index (κ1) is 13.6. The second-order valence-corrected chi connectivity index (χ2v) is 6.20. The number of aromatic nitrogens is 2. The molecular formula is C14H15BrN2O3. The molecule has 1 fully saturated rings. The van der Waals surface area contributed by atoms with Gasteiger partial charge >= 0.3 is 11.1 Å². The molecule has 5 nitrogen and oxygen atoms in total. The third-order valence-electron chi connectivity index (χ3n) is 3.80. The molecule has 1 aromatic carbocycles.